The van der Waals surface area contributed by atoms with Crippen LogP contribution in [0.3, 0.4) is 0 Å². The number of nitrogens with zero attached hydrogens (tertiary/aromatic N) is 4. The van der Waals surface area contributed by atoms with E-state index in [0.717, 1.165) is 10.8 Å². The van der Waals surface area contributed by atoms with Crippen molar-refractivity contribution in [3.63, 3.8) is 0 Å². The zero-order valence-electron chi connectivity index (χ0n) is 17.2. The quantitative estimate of drug-likeness (QED) is 0.118. The molecule has 1 aliphatic heterocycles. The van der Waals surface area contributed by atoms with Crippen LogP contribution in [0.1, 0.15) is 18.2 Å². The van der Waals surface area contributed by atoms with Gasteiger partial charge in [-0.2, -0.15) is 8.78 Å². The van der Waals surface area contributed by atoms with Gasteiger partial charge < -0.3 is 19.4 Å². The van der Waals surface area contributed by atoms with Gasteiger partial charge in [-0.3, -0.25) is 28.0 Å². The van der Waals surface area contributed by atoms with Gasteiger partial charge in [-0.05, 0) is 19.5 Å². The van der Waals surface area contributed by atoms with Gasteiger partial charge in [0.05, 0.1) is 18.8 Å². The Morgan fingerprint density at radius 1 is 1.38 bits per heavy atom. The number of nitrogens with one attached hydrogen (secondary N) is 2. The van der Waals surface area contributed by atoms with E-state index in [0.29, 0.717) is 7.05 Å². The third-order valence-corrected chi connectivity index (χ3v) is 10.3. The molecule has 0 aromatic carbocycles. The molecule has 0 aliphatic carbocycles. The number of phosphoric ester groups is 1. The van der Waals surface area contributed by atoms with Gasteiger partial charge >= 0.3 is 34.0 Å². The SMILES string of the molecule is CNP(=O)(O)C(F)(F)P(=O)(O)OP(=O)(O)OC[C@@H]1O[C@H](n2cc(C)c(=O)[nH]c2=O)CC1N=[N+]=[N-]. The van der Waals surface area contributed by atoms with E-state index in [9.17, 15) is 41.9 Å². The van der Waals surface area contributed by atoms with Crippen LogP contribution in [-0.2, 0) is 27.3 Å². The lowest BCUT2D eigenvalue weighted by molar-refractivity contribution is -0.0268. The number of H-pyrrole nitrogens is 1. The lowest BCUT2D eigenvalue weighted by Crippen LogP contribution is -2.33. The number of halogens is 2. The Morgan fingerprint density at radius 3 is 2.56 bits per heavy atom. The monoisotopic (exact) mass is 554 g/mol. The van der Waals surface area contributed by atoms with Crippen molar-refractivity contribution < 1.29 is 50.7 Å². The van der Waals surface area contributed by atoms with Crippen molar-refractivity contribution in [3.05, 3.63) is 43.0 Å². The highest BCUT2D eigenvalue weighted by Crippen LogP contribution is 2.77. The van der Waals surface area contributed by atoms with E-state index < -0.39 is 64.6 Å². The van der Waals surface area contributed by atoms with E-state index in [1.165, 1.54) is 12.0 Å². The van der Waals surface area contributed by atoms with Crippen LogP contribution >= 0.6 is 22.9 Å². The minimum absolute atomic E-state index is 0.124. The van der Waals surface area contributed by atoms with Crippen LogP contribution < -0.4 is 16.3 Å². The minimum Gasteiger partial charge on any atom is -0.352 e. The predicted octanol–water partition coefficient (Wildman–Crippen LogP) is 1.09. The Balaban J connectivity index is 2.20. The maximum atomic E-state index is 13.9. The fourth-order valence-electron chi connectivity index (χ4n) is 2.71. The smallest absolute Gasteiger partial charge is 0.352 e. The van der Waals surface area contributed by atoms with E-state index >= 15 is 0 Å². The second-order valence-corrected chi connectivity index (χ2v) is 12.8. The number of phosphoric acid groups is 1. The Kier molecular flexibility index (Phi) is 8.46. The molecule has 0 saturated carbocycles. The van der Waals surface area contributed by atoms with Crippen LogP contribution in [0.5, 0.6) is 0 Å². The minimum atomic E-state index is -6.57. The second-order valence-electron chi connectivity index (χ2n) is 6.79. The second kappa shape index (κ2) is 10.1. The topological polar surface area (TPSA) is 255 Å². The van der Waals surface area contributed by atoms with E-state index in [4.69, 9.17) is 15.2 Å². The summed E-state index contributed by atoms with van der Waals surface area (Å²) in [7, 11) is -17.6. The van der Waals surface area contributed by atoms with Crippen LogP contribution in [0.25, 0.3) is 10.4 Å². The number of aromatic nitrogens is 2. The summed E-state index contributed by atoms with van der Waals surface area (Å²) < 4.78 is 77.4. The van der Waals surface area contributed by atoms with Gasteiger partial charge in [0.25, 0.3) is 5.56 Å². The summed E-state index contributed by atoms with van der Waals surface area (Å²) in [5.41, 5.74) is 7.28. The highest BCUT2D eigenvalue weighted by Gasteiger charge is 2.66. The van der Waals surface area contributed by atoms with Crippen LogP contribution in [0.4, 0.5) is 8.78 Å². The number of hydrogen-bond donors (Lipinski definition) is 5. The standard InChI is InChI=1S/C12H19F2N6O11P3/c1-6-4-20(11(22)17-10(6)21)9-3-7(18-19-15)8(30-9)5-29-34(27,28)31-33(25,26)12(13,14)32(23,24)16-2/h4,7-9H,3,5H2,1-2H3,(H,25,26)(H,27,28)(H2,16,23,24)(H,17,21,22)/t7?,8-,9-/m0/s1. The lowest BCUT2D eigenvalue weighted by atomic mass is 10.1. The highest BCUT2D eigenvalue weighted by atomic mass is 31.3. The zero-order chi connectivity index (χ0) is 26.1. The molecule has 17 nitrogen and oxygen atoms in total. The van der Waals surface area contributed by atoms with Gasteiger partial charge in [-0.1, -0.05) is 5.11 Å². The van der Waals surface area contributed by atoms with Gasteiger partial charge in [0, 0.05) is 23.1 Å². The van der Waals surface area contributed by atoms with Crippen molar-refractivity contribution in [1.82, 2.24) is 14.6 Å². The molecular formula is C12H19F2N6O11P3. The zero-order valence-corrected chi connectivity index (χ0v) is 19.9. The summed E-state index contributed by atoms with van der Waals surface area (Å²) in [6, 6.07) is -1.14. The van der Waals surface area contributed by atoms with Crippen LogP contribution in [0, 0.1) is 6.92 Å². The number of hydrogen-bond acceptors (Lipinski definition) is 9. The number of alkyl halides is 2. The van der Waals surface area contributed by atoms with Crippen molar-refractivity contribution in [1.29, 1.82) is 0 Å². The average Bonchev–Trinajstić information content (AvgIpc) is 3.11. The van der Waals surface area contributed by atoms with Crippen molar-refractivity contribution in [2.45, 2.75) is 37.1 Å². The molecule has 6 atom stereocenters. The molecule has 22 heteroatoms. The van der Waals surface area contributed by atoms with E-state index in [2.05, 4.69) is 18.9 Å². The molecule has 0 amide bonds. The van der Waals surface area contributed by atoms with Gasteiger partial charge in [0.2, 0.25) is 0 Å². The number of azide groups is 1. The molecule has 1 saturated heterocycles. The largest absolute Gasteiger partial charge is 0.479 e. The first-order valence-corrected chi connectivity index (χ1v) is 13.6. The van der Waals surface area contributed by atoms with Crippen LogP contribution in [-0.4, -0.2) is 55.4 Å². The Hall–Kier alpha value is -1.74. The molecule has 34 heavy (non-hydrogen) atoms. The van der Waals surface area contributed by atoms with Gasteiger partial charge in [-0.25, -0.2) is 18.8 Å². The first-order chi connectivity index (χ1) is 15.5. The summed E-state index contributed by atoms with van der Waals surface area (Å²) in [4.78, 5) is 56.2. The normalized spacial score (nSPS) is 26.1. The number of aromatic amines is 1. The van der Waals surface area contributed by atoms with E-state index in [-0.39, 0.29) is 12.0 Å². The predicted molar refractivity (Wildman–Crippen MR) is 108 cm³/mol. The van der Waals surface area contributed by atoms with Crippen molar-refractivity contribution >= 4 is 22.9 Å². The molecule has 0 bridgehead atoms. The molecule has 0 spiro atoms. The summed E-state index contributed by atoms with van der Waals surface area (Å²) in [6.07, 6.45) is -1.59. The maximum Gasteiger partial charge on any atom is 0.479 e. The molecule has 2 rings (SSSR count). The summed E-state index contributed by atoms with van der Waals surface area (Å²) in [5.74, 6) is 0. The van der Waals surface area contributed by atoms with Crippen molar-refractivity contribution in [3.8, 4) is 0 Å². The fraction of sp³-hybridized carbons (Fsp3) is 0.667. The molecule has 1 fully saturated rings. The lowest BCUT2D eigenvalue weighted by Gasteiger charge is -2.26. The molecule has 0 radical (unpaired) electrons. The third kappa shape index (κ3) is 5.90. The van der Waals surface area contributed by atoms with Gasteiger partial charge in [-0.15, -0.1) is 0 Å². The van der Waals surface area contributed by atoms with Gasteiger partial charge in [0.1, 0.15) is 6.23 Å². The Bertz CT molecular complexity index is 1250. The molecular weight excluding hydrogens is 535 g/mol. The fourth-order valence-corrected chi connectivity index (χ4v) is 7.01. The molecule has 5 N–H and O–H groups in total. The molecule has 192 valence electrons. The molecule has 2 heterocycles. The highest BCUT2D eigenvalue weighted by molar-refractivity contribution is 7.77. The van der Waals surface area contributed by atoms with Crippen LogP contribution in [0.2, 0.25) is 0 Å². The Morgan fingerprint density at radius 2 is 2.00 bits per heavy atom. The Labute approximate surface area is 188 Å². The summed E-state index contributed by atoms with van der Waals surface area (Å²) in [5, 5.41) is -0.782. The number of ether oxygens (including phenoxy) is 1. The van der Waals surface area contributed by atoms with E-state index in [1.807, 2.05) is 4.98 Å². The number of aryl methyl sites for hydroxylation is 1. The van der Waals surface area contributed by atoms with E-state index in [1.54, 1.807) is 0 Å². The molecule has 1 aromatic heterocycles. The summed E-state index contributed by atoms with van der Waals surface area (Å²) in [6.45, 7) is 0.357. The summed E-state index contributed by atoms with van der Waals surface area (Å²) >= 11 is 0. The van der Waals surface area contributed by atoms with Crippen LogP contribution in [0.15, 0.2) is 20.9 Å². The van der Waals surface area contributed by atoms with Crippen molar-refractivity contribution in [2.75, 3.05) is 13.7 Å². The average molecular weight is 554 g/mol. The first-order valence-electron chi connectivity index (χ1n) is 8.91. The van der Waals surface area contributed by atoms with Gasteiger partial charge in [0.15, 0.2) is 0 Å². The molecule has 1 aliphatic rings. The third-order valence-electron chi connectivity index (χ3n) is 4.48. The van der Waals surface area contributed by atoms with Crippen molar-refractivity contribution in [2.24, 2.45) is 5.11 Å². The molecule has 4 unspecified atom stereocenters. The molecule has 1 aromatic rings. The maximum absolute atomic E-state index is 13.9. The first kappa shape index (κ1) is 28.5. The number of rotatable bonds is 10.